The first kappa shape index (κ1) is 16.2. The van der Waals surface area contributed by atoms with Crippen LogP contribution in [0.5, 0.6) is 5.75 Å². The monoisotopic (exact) mass is 292 g/mol. The highest BCUT2D eigenvalue weighted by atomic mass is 16.5. The standard InChI is InChI=1S/C14H16N2O5/c1-8(9(2)14(19)20)13(18)16-10-3-5-11(6-4-10)21-7-12(15)17/h3-6H,7H2,1-2H3,(H2,15,17)(H,16,18)(H,19,20). The summed E-state index contributed by atoms with van der Waals surface area (Å²) in [7, 11) is 0. The molecule has 2 amide bonds. The van der Waals surface area contributed by atoms with E-state index in [1.807, 2.05) is 0 Å². The van der Waals surface area contributed by atoms with Gasteiger partial charge in [-0.15, -0.1) is 0 Å². The fraction of sp³-hybridized carbons (Fsp3) is 0.214. The van der Waals surface area contributed by atoms with Crippen molar-refractivity contribution in [1.82, 2.24) is 0 Å². The molecular weight excluding hydrogens is 276 g/mol. The van der Waals surface area contributed by atoms with Gasteiger partial charge in [-0.2, -0.15) is 0 Å². The molecule has 0 radical (unpaired) electrons. The van der Waals surface area contributed by atoms with E-state index in [0.29, 0.717) is 11.4 Å². The van der Waals surface area contributed by atoms with Crippen LogP contribution in [0.3, 0.4) is 0 Å². The Labute approximate surface area is 121 Å². The fourth-order valence-corrected chi connectivity index (χ4v) is 1.34. The number of ether oxygens (including phenoxy) is 1. The number of hydrogen-bond acceptors (Lipinski definition) is 4. The zero-order valence-corrected chi connectivity index (χ0v) is 11.7. The molecule has 0 aromatic heterocycles. The first-order chi connectivity index (χ1) is 9.81. The summed E-state index contributed by atoms with van der Waals surface area (Å²) in [5.74, 6) is -1.79. The third-order valence-electron chi connectivity index (χ3n) is 2.72. The van der Waals surface area contributed by atoms with Crippen LogP contribution in [0, 0.1) is 0 Å². The molecule has 0 heterocycles. The number of carbonyl (C=O) groups excluding carboxylic acids is 2. The van der Waals surface area contributed by atoms with E-state index < -0.39 is 17.8 Å². The van der Waals surface area contributed by atoms with Gasteiger partial charge >= 0.3 is 5.97 Å². The highest BCUT2D eigenvalue weighted by Crippen LogP contribution is 2.16. The maximum absolute atomic E-state index is 11.8. The van der Waals surface area contributed by atoms with E-state index in [1.54, 1.807) is 24.3 Å². The van der Waals surface area contributed by atoms with Crippen LogP contribution in [-0.2, 0) is 14.4 Å². The SMILES string of the molecule is CC(C(=O)O)=C(C)C(=O)Nc1ccc(OCC(N)=O)cc1. The number of carboxylic acids is 1. The molecule has 112 valence electrons. The molecule has 21 heavy (non-hydrogen) atoms. The van der Waals surface area contributed by atoms with Gasteiger partial charge in [0.2, 0.25) is 0 Å². The molecule has 1 aromatic rings. The second-order valence-corrected chi connectivity index (χ2v) is 4.29. The van der Waals surface area contributed by atoms with Crippen molar-refractivity contribution in [3.63, 3.8) is 0 Å². The van der Waals surface area contributed by atoms with Gasteiger partial charge in [0.1, 0.15) is 5.75 Å². The lowest BCUT2D eigenvalue weighted by Gasteiger charge is -2.08. The number of hydrogen-bond donors (Lipinski definition) is 3. The summed E-state index contributed by atoms with van der Waals surface area (Å²) >= 11 is 0. The first-order valence-electron chi connectivity index (χ1n) is 6.04. The van der Waals surface area contributed by atoms with Crippen LogP contribution in [0.4, 0.5) is 5.69 Å². The van der Waals surface area contributed by atoms with Crippen molar-refractivity contribution in [3.8, 4) is 5.75 Å². The Bertz CT molecular complexity index is 590. The van der Waals surface area contributed by atoms with Crippen LogP contribution in [0.2, 0.25) is 0 Å². The van der Waals surface area contributed by atoms with Gasteiger partial charge in [-0.1, -0.05) is 0 Å². The molecule has 0 saturated heterocycles. The summed E-state index contributed by atoms with van der Waals surface area (Å²) in [6.07, 6.45) is 0. The Morgan fingerprint density at radius 2 is 1.71 bits per heavy atom. The summed E-state index contributed by atoms with van der Waals surface area (Å²) in [4.78, 5) is 33.2. The zero-order chi connectivity index (χ0) is 16.0. The largest absolute Gasteiger partial charge is 0.484 e. The topological polar surface area (TPSA) is 119 Å². The average Bonchev–Trinajstić information content (AvgIpc) is 2.44. The lowest BCUT2D eigenvalue weighted by atomic mass is 10.1. The van der Waals surface area contributed by atoms with E-state index in [9.17, 15) is 14.4 Å². The van der Waals surface area contributed by atoms with Gasteiger partial charge in [0.25, 0.3) is 11.8 Å². The van der Waals surface area contributed by atoms with E-state index in [4.69, 9.17) is 15.6 Å². The molecule has 0 bridgehead atoms. The van der Waals surface area contributed by atoms with E-state index in [2.05, 4.69) is 5.32 Å². The molecule has 0 fully saturated rings. The predicted molar refractivity (Wildman–Crippen MR) is 75.8 cm³/mol. The van der Waals surface area contributed by atoms with Crippen molar-refractivity contribution >= 4 is 23.5 Å². The molecule has 0 spiro atoms. The van der Waals surface area contributed by atoms with Crippen molar-refractivity contribution in [2.75, 3.05) is 11.9 Å². The van der Waals surface area contributed by atoms with Crippen LogP contribution < -0.4 is 15.8 Å². The Morgan fingerprint density at radius 3 is 2.19 bits per heavy atom. The molecule has 0 saturated carbocycles. The summed E-state index contributed by atoms with van der Waals surface area (Å²) in [6.45, 7) is 2.56. The van der Waals surface area contributed by atoms with Crippen LogP contribution in [0.1, 0.15) is 13.8 Å². The van der Waals surface area contributed by atoms with Gasteiger partial charge in [-0.3, -0.25) is 9.59 Å². The lowest BCUT2D eigenvalue weighted by molar-refractivity contribution is -0.133. The highest BCUT2D eigenvalue weighted by molar-refractivity contribution is 6.08. The normalized spacial score (nSPS) is 11.3. The molecule has 0 aliphatic rings. The summed E-state index contributed by atoms with van der Waals surface area (Å²) in [5, 5.41) is 11.4. The number of aliphatic carboxylic acids is 1. The summed E-state index contributed by atoms with van der Waals surface area (Å²) in [5.41, 5.74) is 5.53. The van der Waals surface area contributed by atoms with Gasteiger partial charge < -0.3 is 20.9 Å². The number of primary amides is 1. The molecule has 4 N–H and O–H groups in total. The number of nitrogens with two attached hydrogens (primary N) is 1. The number of anilines is 1. The van der Waals surface area contributed by atoms with Crippen molar-refractivity contribution in [2.45, 2.75) is 13.8 Å². The molecular formula is C14H16N2O5. The Balaban J connectivity index is 2.72. The predicted octanol–water partition coefficient (Wildman–Crippen LogP) is 0.910. The van der Waals surface area contributed by atoms with Crippen molar-refractivity contribution in [1.29, 1.82) is 0 Å². The molecule has 0 unspecified atom stereocenters. The van der Waals surface area contributed by atoms with Gasteiger partial charge in [0, 0.05) is 16.8 Å². The van der Waals surface area contributed by atoms with Crippen molar-refractivity contribution in [2.24, 2.45) is 5.73 Å². The maximum Gasteiger partial charge on any atom is 0.331 e. The molecule has 7 nitrogen and oxygen atoms in total. The molecule has 0 atom stereocenters. The number of carbonyl (C=O) groups is 3. The second kappa shape index (κ2) is 7.09. The number of nitrogens with one attached hydrogen (secondary N) is 1. The smallest absolute Gasteiger partial charge is 0.331 e. The Hall–Kier alpha value is -2.83. The minimum absolute atomic E-state index is 0.0195. The number of rotatable bonds is 6. The zero-order valence-electron chi connectivity index (χ0n) is 11.7. The average molecular weight is 292 g/mol. The lowest BCUT2D eigenvalue weighted by Crippen LogP contribution is -2.20. The van der Waals surface area contributed by atoms with Crippen LogP contribution in [0.15, 0.2) is 35.4 Å². The molecule has 7 heteroatoms. The number of carboxylic acid groups (broad SMARTS) is 1. The molecule has 0 aliphatic carbocycles. The number of amides is 2. The van der Waals surface area contributed by atoms with E-state index in [-0.39, 0.29) is 17.8 Å². The van der Waals surface area contributed by atoms with E-state index in [1.165, 1.54) is 13.8 Å². The van der Waals surface area contributed by atoms with Crippen LogP contribution in [-0.4, -0.2) is 29.5 Å². The van der Waals surface area contributed by atoms with Gasteiger partial charge in [-0.25, -0.2) is 4.79 Å². The van der Waals surface area contributed by atoms with E-state index >= 15 is 0 Å². The second-order valence-electron chi connectivity index (χ2n) is 4.29. The molecule has 1 aromatic carbocycles. The number of benzene rings is 1. The first-order valence-corrected chi connectivity index (χ1v) is 6.04. The van der Waals surface area contributed by atoms with Crippen molar-refractivity contribution in [3.05, 3.63) is 35.4 Å². The minimum atomic E-state index is -1.14. The van der Waals surface area contributed by atoms with Crippen molar-refractivity contribution < 1.29 is 24.2 Å². The Morgan fingerprint density at radius 1 is 1.14 bits per heavy atom. The highest BCUT2D eigenvalue weighted by Gasteiger charge is 2.12. The van der Waals surface area contributed by atoms with Gasteiger partial charge in [0.15, 0.2) is 6.61 Å². The quantitative estimate of drug-likeness (QED) is 0.673. The fourth-order valence-electron chi connectivity index (χ4n) is 1.34. The minimum Gasteiger partial charge on any atom is -0.484 e. The summed E-state index contributed by atoms with van der Waals surface area (Å²) in [6, 6.07) is 6.25. The third-order valence-corrected chi connectivity index (χ3v) is 2.72. The van der Waals surface area contributed by atoms with Gasteiger partial charge in [0.05, 0.1) is 0 Å². The maximum atomic E-state index is 11.8. The third kappa shape index (κ3) is 4.98. The van der Waals surface area contributed by atoms with Crippen LogP contribution in [0.25, 0.3) is 0 Å². The molecule has 0 aliphatic heterocycles. The Kier molecular flexibility index (Phi) is 5.48. The summed E-state index contributed by atoms with van der Waals surface area (Å²) < 4.78 is 5.07. The van der Waals surface area contributed by atoms with Crippen LogP contribution >= 0.6 is 0 Å². The molecule has 1 rings (SSSR count). The van der Waals surface area contributed by atoms with Gasteiger partial charge in [-0.05, 0) is 38.1 Å². The van der Waals surface area contributed by atoms with E-state index in [0.717, 1.165) is 0 Å².